The Labute approximate surface area is 116 Å². The van der Waals surface area contributed by atoms with Gasteiger partial charge in [-0.15, -0.1) is 12.4 Å². The van der Waals surface area contributed by atoms with Gasteiger partial charge in [0.05, 0.1) is 5.41 Å². The van der Waals surface area contributed by atoms with Gasteiger partial charge in [0.2, 0.25) is 5.91 Å². The van der Waals surface area contributed by atoms with E-state index in [1.165, 1.54) is 11.1 Å². The molecule has 0 aliphatic carbocycles. The summed E-state index contributed by atoms with van der Waals surface area (Å²) in [5.74, 6) is -0.0362. The maximum atomic E-state index is 12.0. The highest BCUT2D eigenvalue weighted by atomic mass is 35.5. The maximum Gasteiger partial charge on any atom is 0.231 e. The summed E-state index contributed by atoms with van der Waals surface area (Å²) in [4.78, 5) is 12.0. The van der Waals surface area contributed by atoms with Crippen LogP contribution in [0.25, 0.3) is 0 Å². The van der Waals surface area contributed by atoms with Gasteiger partial charge in [-0.25, -0.2) is 0 Å². The van der Waals surface area contributed by atoms with Gasteiger partial charge in [0.1, 0.15) is 0 Å². The second kappa shape index (κ2) is 6.76. The van der Waals surface area contributed by atoms with Crippen LogP contribution in [0.2, 0.25) is 0 Å². The highest BCUT2D eigenvalue weighted by Crippen LogP contribution is 2.20. The van der Waals surface area contributed by atoms with Crippen molar-refractivity contribution in [2.24, 2.45) is 11.1 Å². The zero-order valence-corrected chi connectivity index (χ0v) is 12.4. The monoisotopic (exact) mass is 270 g/mol. The largest absolute Gasteiger partial charge is 0.329 e. The summed E-state index contributed by atoms with van der Waals surface area (Å²) in [6.45, 7) is 8.21. The Morgan fingerprint density at radius 3 is 2.50 bits per heavy atom. The molecule has 0 atom stereocenters. The van der Waals surface area contributed by atoms with Crippen LogP contribution in [0.5, 0.6) is 0 Å². The van der Waals surface area contributed by atoms with Crippen LogP contribution in [0.4, 0.5) is 5.69 Å². The molecule has 18 heavy (non-hydrogen) atoms. The van der Waals surface area contributed by atoms with Crippen molar-refractivity contribution >= 4 is 24.0 Å². The number of nitrogens with two attached hydrogens (primary N) is 1. The van der Waals surface area contributed by atoms with E-state index in [0.717, 1.165) is 12.1 Å². The summed E-state index contributed by atoms with van der Waals surface area (Å²) in [7, 11) is 0. The van der Waals surface area contributed by atoms with E-state index >= 15 is 0 Å². The molecule has 1 rings (SSSR count). The summed E-state index contributed by atoms with van der Waals surface area (Å²) < 4.78 is 0. The molecule has 0 aromatic heterocycles. The minimum atomic E-state index is -0.530. The fourth-order valence-corrected chi connectivity index (χ4v) is 1.52. The molecule has 3 nitrogen and oxygen atoms in total. The third-order valence-electron chi connectivity index (χ3n) is 3.11. The van der Waals surface area contributed by atoms with Gasteiger partial charge in [-0.05, 0) is 50.5 Å². The van der Waals surface area contributed by atoms with Crippen molar-refractivity contribution in [1.29, 1.82) is 0 Å². The average molecular weight is 271 g/mol. The van der Waals surface area contributed by atoms with Crippen molar-refractivity contribution in [3.05, 3.63) is 29.3 Å². The van der Waals surface area contributed by atoms with Crippen LogP contribution in [0.15, 0.2) is 18.2 Å². The lowest BCUT2D eigenvalue weighted by Gasteiger charge is -2.21. The number of aryl methyl sites for hydroxylation is 2. The molecule has 0 saturated carbocycles. The average Bonchev–Trinajstić information content (AvgIpc) is 2.31. The van der Waals surface area contributed by atoms with Crippen molar-refractivity contribution in [2.75, 3.05) is 11.9 Å². The first-order valence-corrected chi connectivity index (χ1v) is 6.01. The minimum Gasteiger partial charge on any atom is -0.329 e. The first-order chi connectivity index (χ1) is 7.90. The van der Waals surface area contributed by atoms with Gasteiger partial charge < -0.3 is 11.1 Å². The van der Waals surface area contributed by atoms with Crippen molar-refractivity contribution in [3.8, 4) is 0 Å². The van der Waals surface area contributed by atoms with E-state index in [1.807, 2.05) is 32.0 Å². The van der Waals surface area contributed by atoms with E-state index in [2.05, 4.69) is 19.2 Å². The van der Waals surface area contributed by atoms with Gasteiger partial charge in [0.15, 0.2) is 0 Å². The lowest BCUT2D eigenvalue weighted by molar-refractivity contribution is -0.123. The second-order valence-electron chi connectivity index (χ2n) is 5.04. The maximum absolute atomic E-state index is 12.0. The molecule has 3 N–H and O–H groups in total. The first-order valence-electron chi connectivity index (χ1n) is 6.01. The topological polar surface area (TPSA) is 55.1 Å². The lowest BCUT2D eigenvalue weighted by Crippen LogP contribution is -2.37. The van der Waals surface area contributed by atoms with Crippen LogP contribution in [0, 0.1) is 12.3 Å². The van der Waals surface area contributed by atoms with Crippen LogP contribution >= 0.6 is 12.4 Å². The number of rotatable bonds is 4. The van der Waals surface area contributed by atoms with Gasteiger partial charge in [-0.3, -0.25) is 4.79 Å². The van der Waals surface area contributed by atoms with Gasteiger partial charge in [-0.1, -0.05) is 13.0 Å². The molecule has 0 aliphatic rings. The molecule has 0 saturated heterocycles. The molecular formula is C14H23ClN2O. The lowest BCUT2D eigenvalue weighted by atomic mass is 9.92. The number of halogens is 1. The Hall–Kier alpha value is -1.06. The van der Waals surface area contributed by atoms with Crippen LogP contribution in [-0.4, -0.2) is 12.5 Å². The Morgan fingerprint density at radius 1 is 1.39 bits per heavy atom. The molecule has 0 fully saturated rings. The van der Waals surface area contributed by atoms with E-state index in [0.29, 0.717) is 6.54 Å². The molecule has 4 heteroatoms. The third kappa shape index (κ3) is 4.00. The quantitative estimate of drug-likeness (QED) is 0.884. The van der Waals surface area contributed by atoms with E-state index in [4.69, 9.17) is 5.73 Å². The SMILES string of the molecule is CCc1cc(NC(=O)C(C)(C)CN)ccc1C.Cl. The molecule has 1 aromatic rings. The highest BCUT2D eigenvalue weighted by Gasteiger charge is 2.25. The summed E-state index contributed by atoms with van der Waals surface area (Å²) >= 11 is 0. The van der Waals surface area contributed by atoms with Crippen LogP contribution < -0.4 is 11.1 Å². The molecule has 1 aromatic carbocycles. The highest BCUT2D eigenvalue weighted by molar-refractivity contribution is 5.95. The first kappa shape index (κ1) is 16.9. The Kier molecular flexibility index (Phi) is 6.36. The molecule has 102 valence electrons. The summed E-state index contributed by atoms with van der Waals surface area (Å²) in [5, 5.41) is 2.92. The predicted molar refractivity (Wildman–Crippen MR) is 79.3 cm³/mol. The summed E-state index contributed by atoms with van der Waals surface area (Å²) in [6.07, 6.45) is 0.968. The van der Waals surface area contributed by atoms with Gasteiger partial charge in [0, 0.05) is 12.2 Å². The second-order valence-corrected chi connectivity index (χ2v) is 5.04. The van der Waals surface area contributed by atoms with E-state index in [-0.39, 0.29) is 18.3 Å². The number of nitrogens with one attached hydrogen (secondary N) is 1. The Balaban J connectivity index is 0.00000289. The summed E-state index contributed by atoms with van der Waals surface area (Å²) in [6, 6.07) is 5.99. The van der Waals surface area contributed by atoms with Gasteiger partial charge in [-0.2, -0.15) is 0 Å². The number of benzene rings is 1. The number of carbonyl (C=O) groups is 1. The van der Waals surface area contributed by atoms with Crippen LogP contribution in [0.1, 0.15) is 31.9 Å². The molecule has 0 unspecified atom stereocenters. The molecule has 0 spiro atoms. The van der Waals surface area contributed by atoms with Crippen molar-refractivity contribution in [2.45, 2.75) is 34.1 Å². The zero-order chi connectivity index (χ0) is 13.1. The number of carbonyl (C=O) groups excluding carboxylic acids is 1. The Bertz CT molecular complexity index is 416. The van der Waals surface area contributed by atoms with Crippen molar-refractivity contribution in [3.63, 3.8) is 0 Å². The molecule has 0 radical (unpaired) electrons. The minimum absolute atomic E-state index is 0. The fraction of sp³-hybridized carbons (Fsp3) is 0.500. The van der Waals surface area contributed by atoms with Crippen LogP contribution in [-0.2, 0) is 11.2 Å². The van der Waals surface area contributed by atoms with Crippen molar-refractivity contribution in [1.82, 2.24) is 0 Å². The predicted octanol–water partition coefficient (Wildman–Crippen LogP) is 2.90. The van der Waals surface area contributed by atoms with E-state index in [1.54, 1.807) is 0 Å². The van der Waals surface area contributed by atoms with E-state index < -0.39 is 5.41 Å². The number of hydrogen-bond acceptors (Lipinski definition) is 2. The van der Waals surface area contributed by atoms with E-state index in [9.17, 15) is 4.79 Å². The normalized spacial score (nSPS) is 10.7. The third-order valence-corrected chi connectivity index (χ3v) is 3.11. The van der Waals surface area contributed by atoms with Gasteiger partial charge in [0.25, 0.3) is 0 Å². The number of amides is 1. The summed E-state index contributed by atoms with van der Waals surface area (Å²) in [5.41, 5.74) is 8.41. The molecule has 1 amide bonds. The molecule has 0 heterocycles. The standard InChI is InChI=1S/C14H22N2O.ClH/c1-5-11-8-12(7-6-10(11)2)16-13(17)14(3,4)9-15;/h6-8H,5,9,15H2,1-4H3,(H,16,17);1H. The molecule has 0 bridgehead atoms. The van der Waals surface area contributed by atoms with Crippen LogP contribution in [0.3, 0.4) is 0 Å². The molecular weight excluding hydrogens is 248 g/mol. The Morgan fingerprint density at radius 2 is 2.00 bits per heavy atom. The molecule has 0 aliphatic heterocycles. The number of hydrogen-bond donors (Lipinski definition) is 2. The zero-order valence-electron chi connectivity index (χ0n) is 11.5. The fourth-order valence-electron chi connectivity index (χ4n) is 1.52. The van der Waals surface area contributed by atoms with Gasteiger partial charge >= 0.3 is 0 Å². The van der Waals surface area contributed by atoms with Crippen molar-refractivity contribution < 1.29 is 4.79 Å². The smallest absolute Gasteiger partial charge is 0.231 e. The number of anilines is 1.